The van der Waals surface area contributed by atoms with Crippen LogP contribution in [0.1, 0.15) is 11.1 Å². The quantitative estimate of drug-likeness (QED) is 0.626. The van der Waals surface area contributed by atoms with Gasteiger partial charge in [-0.2, -0.15) is 0 Å². The van der Waals surface area contributed by atoms with Gasteiger partial charge in [0.25, 0.3) is 0 Å². The molecule has 2 heterocycles. The number of hydrogen-bond donors (Lipinski definition) is 0. The fourth-order valence-electron chi connectivity index (χ4n) is 1.78. The molecule has 4 nitrogen and oxygen atoms in total. The number of carbonyl (C=O) groups excluding carboxylic acids is 1. The van der Waals surface area contributed by atoms with E-state index < -0.39 is 5.97 Å². The van der Waals surface area contributed by atoms with Crippen LogP contribution in [0.25, 0.3) is 6.08 Å². The van der Waals surface area contributed by atoms with Gasteiger partial charge in [0.05, 0.1) is 15.6 Å². The van der Waals surface area contributed by atoms with Gasteiger partial charge in [-0.1, -0.05) is 29.3 Å². The molecule has 0 saturated heterocycles. The summed E-state index contributed by atoms with van der Waals surface area (Å²) in [6.07, 6.45) is 4.80. The van der Waals surface area contributed by atoms with Crippen molar-refractivity contribution < 1.29 is 9.53 Å². The molecule has 0 saturated carbocycles. The summed E-state index contributed by atoms with van der Waals surface area (Å²) in [5.74, 6) is -0.278. The Balaban J connectivity index is 1.95. The predicted octanol–water partition coefficient (Wildman–Crippen LogP) is 3.73. The summed E-state index contributed by atoms with van der Waals surface area (Å²) < 4.78 is 5.13. The van der Waals surface area contributed by atoms with E-state index in [4.69, 9.17) is 27.9 Å². The molecule has 1 aromatic heterocycles. The Morgan fingerprint density at radius 3 is 2.71 bits per heavy atom. The van der Waals surface area contributed by atoms with Crippen LogP contribution in [0.4, 0.5) is 0 Å². The van der Waals surface area contributed by atoms with Crippen LogP contribution in [0.3, 0.4) is 0 Å². The van der Waals surface area contributed by atoms with Gasteiger partial charge in [0, 0.05) is 12.4 Å². The molecule has 0 amide bonds. The molecule has 21 heavy (non-hydrogen) atoms. The van der Waals surface area contributed by atoms with Crippen molar-refractivity contribution in [1.82, 2.24) is 4.98 Å². The molecule has 0 atom stereocenters. The van der Waals surface area contributed by atoms with Gasteiger partial charge < -0.3 is 4.74 Å². The first-order valence-electron chi connectivity index (χ1n) is 6.01. The normalized spacial score (nSPS) is 16.0. The Morgan fingerprint density at radius 2 is 2.00 bits per heavy atom. The SMILES string of the molecule is O=C1OC(c2cccnc2)=N/C1=C/c1ccc(Cl)c(Cl)c1. The highest BCUT2D eigenvalue weighted by Crippen LogP contribution is 2.25. The maximum atomic E-state index is 11.8. The van der Waals surface area contributed by atoms with Crippen molar-refractivity contribution in [3.8, 4) is 0 Å². The van der Waals surface area contributed by atoms with Gasteiger partial charge in [-0.3, -0.25) is 4.98 Å². The lowest BCUT2D eigenvalue weighted by atomic mass is 10.2. The fourth-order valence-corrected chi connectivity index (χ4v) is 2.09. The largest absolute Gasteiger partial charge is 0.402 e. The van der Waals surface area contributed by atoms with E-state index in [0.717, 1.165) is 0 Å². The molecule has 1 aliphatic rings. The molecular weight excluding hydrogens is 311 g/mol. The second kappa shape index (κ2) is 5.68. The second-order valence-electron chi connectivity index (χ2n) is 4.25. The van der Waals surface area contributed by atoms with Crippen LogP contribution >= 0.6 is 23.2 Å². The minimum absolute atomic E-state index is 0.201. The van der Waals surface area contributed by atoms with E-state index in [1.165, 1.54) is 0 Å². The van der Waals surface area contributed by atoms with Gasteiger partial charge in [0.15, 0.2) is 5.70 Å². The van der Waals surface area contributed by atoms with E-state index in [-0.39, 0.29) is 11.6 Å². The monoisotopic (exact) mass is 318 g/mol. The number of aromatic nitrogens is 1. The Kier molecular flexibility index (Phi) is 3.73. The van der Waals surface area contributed by atoms with E-state index in [0.29, 0.717) is 21.2 Å². The van der Waals surface area contributed by atoms with Crippen molar-refractivity contribution in [1.29, 1.82) is 0 Å². The number of esters is 1. The summed E-state index contributed by atoms with van der Waals surface area (Å²) in [5.41, 5.74) is 1.56. The number of rotatable bonds is 2. The fraction of sp³-hybridized carbons (Fsp3) is 0. The molecule has 0 spiro atoms. The number of carbonyl (C=O) groups is 1. The highest BCUT2D eigenvalue weighted by Gasteiger charge is 2.24. The van der Waals surface area contributed by atoms with Crippen molar-refractivity contribution in [3.05, 3.63) is 69.6 Å². The summed E-state index contributed by atoms with van der Waals surface area (Å²) in [7, 11) is 0. The number of cyclic esters (lactones) is 1. The highest BCUT2D eigenvalue weighted by molar-refractivity contribution is 6.42. The Labute approximate surface area is 130 Å². The van der Waals surface area contributed by atoms with Crippen molar-refractivity contribution in [2.45, 2.75) is 0 Å². The maximum absolute atomic E-state index is 11.8. The molecule has 0 radical (unpaired) electrons. The number of halogens is 2. The molecule has 0 unspecified atom stereocenters. The van der Waals surface area contributed by atoms with E-state index in [2.05, 4.69) is 9.98 Å². The summed E-state index contributed by atoms with van der Waals surface area (Å²) in [6.45, 7) is 0. The number of benzene rings is 1. The molecule has 2 aromatic rings. The molecule has 104 valence electrons. The topological polar surface area (TPSA) is 51.5 Å². The molecule has 1 aliphatic heterocycles. The number of ether oxygens (including phenoxy) is 1. The molecule has 0 fully saturated rings. The lowest BCUT2D eigenvalue weighted by Gasteiger charge is -1.97. The zero-order valence-corrected chi connectivity index (χ0v) is 12.1. The molecular formula is C15H8Cl2N2O2. The molecule has 0 aliphatic carbocycles. The van der Waals surface area contributed by atoms with Crippen molar-refractivity contribution >= 4 is 41.1 Å². The van der Waals surface area contributed by atoms with Crippen LogP contribution in [0.5, 0.6) is 0 Å². The van der Waals surface area contributed by atoms with Crippen LogP contribution in [0, 0.1) is 0 Å². The smallest absolute Gasteiger partial charge is 0.363 e. The summed E-state index contributed by atoms with van der Waals surface area (Å²) in [5, 5.41) is 0.862. The minimum Gasteiger partial charge on any atom is -0.402 e. The summed E-state index contributed by atoms with van der Waals surface area (Å²) >= 11 is 11.8. The zero-order chi connectivity index (χ0) is 14.8. The summed E-state index contributed by atoms with van der Waals surface area (Å²) in [4.78, 5) is 20.0. The molecule has 3 rings (SSSR count). The van der Waals surface area contributed by atoms with Gasteiger partial charge in [-0.05, 0) is 35.9 Å². The lowest BCUT2D eigenvalue weighted by molar-refractivity contribution is -0.129. The first-order chi connectivity index (χ1) is 10.1. The van der Waals surface area contributed by atoms with E-state index in [9.17, 15) is 4.79 Å². The number of hydrogen-bond acceptors (Lipinski definition) is 4. The van der Waals surface area contributed by atoms with Crippen molar-refractivity contribution in [2.75, 3.05) is 0 Å². The van der Waals surface area contributed by atoms with E-state index in [1.54, 1.807) is 48.8 Å². The van der Waals surface area contributed by atoms with E-state index in [1.807, 2.05) is 0 Å². The Bertz CT molecular complexity index is 770. The predicted molar refractivity (Wildman–Crippen MR) is 81.3 cm³/mol. The first kappa shape index (κ1) is 13.8. The third-order valence-corrected chi connectivity index (χ3v) is 3.52. The highest BCUT2D eigenvalue weighted by atomic mass is 35.5. The zero-order valence-electron chi connectivity index (χ0n) is 10.6. The van der Waals surface area contributed by atoms with Crippen LogP contribution in [0.15, 0.2) is 53.4 Å². The minimum atomic E-state index is -0.514. The standard InChI is InChI=1S/C15H8Cl2N2O2/c16-11-4-3-9(6-12(11)17)7-13-15(20)21-14(19-13)10-2-1-5-18-8-10/h1-8H/b13-7+. The number of nitrogens with zero attached hydrogens (tertiary/aromatic N) is 2. The van der Waals surface area contributed by atoms with Gasteiger partial charge in [0.2, 0.25) is 5.90 Å². The first-order valence-corrected chi connectivity index (χ1v) is 6.77. The molecule has 0 N–H and O–H groups in total. The third kappa shape index (κ3) is 2.96. The summed E-state index contributed by atoms with van der Waals surface area (Å²) in [6, 6.07) is 8.56. The Morgan fingerprint density at radius 1 is 1.14 bits per heavy atom. The molecule has 0 bridgehead atoms. The Hall–Kier alpha value is -2.17. The van der Waals surface area contributed by atoms with Gasteiger partial charge in [0.1, 0.15) is 0 Å². The van der Waals surface area contributed by atoms with Crippen LogP contribution in [-0.4, -0.2) is 16.9 Å². The van der Waals surface area contributed by atoms with Gasteiger partial charge in [-0.25, -0.2) is 9.79 Å². The molecule has 6 heteroatoms. The average molecular weight is 319 g/mol. The van der Waals surface area contributed by atoms with Crippen LogP contribution in [-0.2, 0) is 9.53 Å². The average Bonchev–Trinajstić information content (AvgIpc) is 2.85. The van der Waals surface area contributed by atoms with Crippen LogP contribution in [0.2, 0.25) is 10.0 Å². The lowest BCUT2D eigenvalue weighted by Crippen LogP contribution is -2.05. The maximum Gasteiger partial charge on any atom is 0.363 e. The third-order valence-electron chi connectivity index (χ3n) is 2.78. The number of pyridine rings is 1. The van der Waals surface area contributed by atoms with Gasteiger partial charge in [-0.15, -0.1) is 0 Å². The van der Waals surface area contributed by atoms with Crippen LogP contribution < -0.4 is 0 Å². The van der Waals surface area contributed by atoms with E-state index >= 15 is 0 Å². The van der Waals surface area contributed by atoms with Gasteiger partial charge >= 0.3 is 5.97 Å². The second-order valence-corrected chi connectivity index (χ2v) is 5.07. The molecule has 1 aromatic carbocycles. The van der Waals surface area contributed by atoms with Crippen molar-refractivity contribution in [2.24, 2.45) is 4.99 Å². The number of aliphatic imine (C=N–C) groups is 1. The van der Waals surface area contributed by atoms with Crippen molar-refractivity contribution in [3.63, 3.8) is 0 Å².